The number of thiophene rings is 1. The molecule has 0 saturated heterocycles. The first-order chi connectivity index (χ1) is 12.8. The number of hydrogen-bond acceptors (Lipinski definition) is 4. The Bertz CT molecular complexity index is 1160. The molecule has 0 aliphatic heterocycles. The van der Waals surface area contributed by atoms with E-state index in [2.05, 4.69) is 38.9 Å². The zero-order chi connectivity index (χ0) is 19.3. The fourth-order valence-corrected chi connectivity index (χ4v) is 5.80. The summed E-state index contributed by atoms with van der Waals surface area (Å²) >= 11 is 6.79. The average Bonchev–Trinajstić information content (AvgIpc) is 3.12. The Labute approximate surface area is 169 Å². The van der Waals surface area contributed by atoms with Crippen LogP contribution in [0.25, 0.3) is 32.0 Å². The van der Waals surface area contributed by atoms with Gasteiger partial charge in [0, 0.05) is 32.7 Å². The van der Waals surface area contributed by atoms with E-state index in [1.165, 1.54) is 0 Å². The minimum absolute atomic E-state index is 0.244. The molecule has 0 N–H and O–H groups in total. The molecule has 0 aliphatic rings. The van der Waals surface area contributed by atoms with Gasteiger partial charge in [-0.2, -0.15) is 13.2 Å². The topological polar surface area (TPSA) is 30.7 Å². The predicted molar refractivity (Wildman–Crippen MR) is 108 cm³/mol. The number of halogens is 4. The number of nitrogens with zero attached hydrogens (tertiary/aromatic N) is 3. The summed E-state index contributed by atoms with van der Waals surface area (Å²) < 4.78 is 42.9. The van der Waals surface area contributed by atoms with Crippen molar-refractivity contribution in [2.45, 2.75) is 18.0 Å². The fourth-order valence-electron chi connectivity index (χ4n) is 2.92. The molecule has 0 fully saturated rings. The van der Waals surface area contributed by atoms with Crippen LogP contribution in [0.5, 0.6) is 0 Å². The molecule has 0 bridgehead atoms. The molecule has 3 heterocycles. The third-order valence-electron chi connectivity index (χ3n) is 4.13. The van der Waals surface area contributed by atoms with Crippen LogP contribution in [0.2, 0.25) is 0 Å². The summed E-state index contributed by atoms with van der Waals surface area (Å²) in [4.78, 5) is 10.6. The number of aryl methyl sites for hydroxylation is 1. The molecule has 4 aromatic rings. The number of imidazole rings is 1. The average molecular weight is 472 g/mol. The third-order valence-corrected chi connectivity index (χ3v) is 6.91. The second-order valence-corrected chi connectivity index (χ2v) is 9.13. The van der Waals surface area contributed by atoms with Crippen LogP contribution in [-0.2, 0) is 13.2 Å². The number of alkyl halides is 3. The van der Waals surface area contributed by atoms with Crippen LogP contribution < -0.4 is 0 Å². The van der Waals surface area contributed by atoms with Crippen LogP contribution in [0.3, 0.4) is 0 Å². The maximum absolute atomic E-state index is 13.0. The van der Waals surface area contributed by atoms with Gasteiger partial charge in [0.1, 0.15) is 5.52 Å². The van der Waals surface area contributed by atoms with Crippen LogP contribution in [0.4, 0.5) is 13.2 Å². The molecule has 9 heteroatoms. The quantitative estimate of drug-likeness (QED) is 0.310. The van der Waals surface area contributed by atoms with Gasteiger partial charge in [-0.1, -0.05) is 28.9 Å². The lowest BCUT2D eigenvalue weighted by atomic mass is 10.2. The molecule has 140 valence electrons. The van der Waals surface area contributed by atoms with Gasteiger partial charge < -0.3 is 4.57 Å². The van der Waals surface area contributed by atoms with Crippen LogP contribution in [0, 0.1) is 0 Å². The SMILES string of the molecule is CCSc1c(-c2nc3cc(C(F)(F)F)cnc3n2C)sc2cc(Br)ccc12. The molecule has 27 heavy (non-hydrogen) atoms. The Hall–Kier alpha value is -1.58. The summed E-state index contributed by atoms with van der Waals surface area (Å²) in [7, 11) is 1.78. The first kappa shape index (κ1) is 18.8. The normalized spacial score (nSPS) is 12.4. The molecule has 0 unspecified atom stereocenters. The van der Waals surface area contributed by atoms with E-state index >= 15 is 0 Å². The number of pyridine rings is 1. The van der Waals surface area contributed by atoms with Crippen molar-refractivity contribution >= 4 is 60.3 Å². The van der Waals surface area contributed by atoms with Crippen molar-refractivity contribution in [1.29, 1.82) is 0 Å². The lowest BCUT2D eigenvalue weighted by molar-refractivity contribution is -0.137. The third kappa shape index (κ3) is 3.25. The van der Waals surface area contributed by atoms with Crippen molar-refractivity contribution < 1.29 is 13.2 Å². The Balaban J connectivity index is 1.96. The second kappa shape index (κ2) is 6.79. The highest BCUT2D eigenvalue weighted by Gasteiger charge is 2.32. The van der Waals surface area contributed by atoms with E-state index in [0.717, 1.165) is 42.3 Å². The monoisotopic (exact) mass is 471 g/mol. The maximum Gasteiger partial charge on any atom is 0.417 e. The summed E-state index contributed by atoms with van der Waals surface area (Å²) in [5.74, 6) is 1.51. The molecule has 4 rings (SSSR count). The molecule has 0 saturated carbocycles. The lowest BCUT2D eigenvalue weighted by Gasteiger charge is -2.05. The minimum atomic E-state index is -4.44. The molecule has 0 aliphatic carbocycles. The molecule has 0 radical (unpaired) electrons. The van der Waals surface area contributed by atoms with Crippen molar-refractivity contribution in [3.05, 3.63) is 40.5 Å². The summed E-state index contributed by atoms with van der Waals surface area (Å²) in [5.41, 5.74) is -0.111. The van der Waals surface area contributed by atoms with Crippen LogP contribution >= 0.6 is 39.0 Å². The zero-order valence-corrected chi connectivity index (χ0v) is 17.5. The molecule has 0 spiro atoms. The number of fused-ring (bicyclic) bond motifs is 2. The molecule has 3 nitrogen and oxygen atoms in total. The van der Waals surface area contributed by atoms with E-state index in [1.54, 1.807) is 34.7 Å². The van der Waals surface area contributed by atoms with Crippen molar-refractivity contribution in [2.24, 2.45) is 7.05 Å². The Morgan fingerprint density at radius 1 is 1.26 bits per heavy atom. The van der Waals surface area contributed by atoms with E-state index in [-0.39, 0.29) is 5.52 Å². The first-order valence-corrected chi connectivity index (χ1v) is 10.6. The fraction of sp³-hybridized carbons (Fsp3) is 0.222. The van der Waals surface area contributed by atoms with Crippen LogP contribution in [0.1, 0.15) is 12.5 Å². The molecule has 0 amide bonds. The molecular formula is C18H13BrF3N3S2. The van der Waals surface area contributed by atoms with Crippen molar-refractivity contribution in [3.8, 4) is 10.7 Å². The standard InChI is InChI=1S/C18H13BrF3N3S2/c1-3-26-14-11-5-4-10(19)7-13(11)27-15(14)17-24-12-6-9(18(20,21)22)8-23-16(12)25(17)2/h4-8H,3H2,1-2H3. The smallest absolute Gasteiger partial charge is 0.311 e. The molecule has 0 atom stereocenters. The largest absolute Gasteiger partial charge is 0.417 e. The van der Waals surface area contributed by atoms with Gasteiger partial charge in [0.2, 0.25) is 0 Å². The lowest BCUT2D eigenvalue weighted by Crippen LogP contribution is -2.05. The number of rotatable bonds is 3. The highest BCUT2D eigenvalue weighted by atomic mass is 79.9. The highest BCUT2D eigenvalue weighted by Crippen LogP contribution is 2.45. The van der Waals surface area contributed by atoms with Gasteiger partial charge in [0.15, 0.2) is 11.5 Å². The van der Waals surface area contributed by atoms with Gasteiger partial charge in [-0.15, -0.1) is 23.1 Å². The van der Waals surface area contributed by atoms with E-state index in [4.69, 9.17) is 0 Å². The number of hydrogen-bond donors (Lipinski definition) is 0. The molecule has 3 aromatic heterocycles. The van der Waals surface area contributed by atoms with E-state index in [1.807, 2.05) is 12.1 Å². The van der Waals surface area contributed by atoms with Crippen molar-refractivity contribution in [3.63, 3.8) is 0 Å². The summed E-state index contributed by atoms with van der Waals surface area (Å²) in [5, 5.41) is 1.13. The van der Waals surface area contributed by atoms with Gasteiger partial charge in [0.25, 0.3) is 0 Å². The predicted octanol–water partition coefficient (Wildman–Crippen LogP) is 6.74. The summed E-state index contributed by atoms with van der Waals surface area (Å²) in [6.07, 6.45) is -3.58. The Kier molecular flexibility index (Phi) is 4.72. The van der Waals surface area contributed by atoms with E-state index < -0.39 is 11.7 Å². The van der Waals surface area contributed by atoms with Crippen molar-refractivity contribution in [1.82, 2.24) is 14.5 Å². The number of thioether (sulfide) groups is 1. The first-order valence-electron chi connectivity index (χ1n) is 8.04. The van der Waals surface area contributed by atoms with Crippen molar-refractivity contribution in [2.75, 3.05) is 5.75 Å². The number of benzene rings is 1. The summed E-state index contributed by atoms with van der Waals surface area (Å²) in [6, 6.07) is 7.15. The minimum Gasteiger partial charge on any atom is -0.311 e. The highest BCUT2D eigenvalue weighted by molar-refractivity contribution is 9.10. The molecule has 1 aromatic carbocycles. The zero-order valence-electron chi connectivity index (χ0n) is 14.3. The van der Waals surface area contributed by atoms with Gasteiger partial charge in [-0.25, -0.2) is 9.97 Å². The number of aromatic nitrogens is 3. The van der Waals surface area contributed by atoms with Gasteiger partial charge in [0.05, 0.1) is 10.4 Å². The second-order valence-electron chi connectivity index (χ2n) is 5.89. The Morgan fingerprint density at radius 2 is 2.04 bits per heavy atom. The van der Waals surface area contributed by atoms with E-state index in [9.17, 15) is 13.2 Å². The Morgan fingerprint density at radius 3 is 2.74 bits per heavy atom. The van der Waals surface area contributed by atoms with Gasteiger partial charge in [-0.3, -0.25) is 0 Å². The van der Waals surface area contributed by atoms with Gasteiger partial charge in [-0.05, 0) is 24.0 Å². The molecular weight excluding hydrogens is 459 g/mol. The van der Waals surface area contributed by atoms with Crippen LogP contribution in [-0.4, -0.2) is 20.3 Å². The van der Waals surface area contributed by atoms with Gasteiger partial charge >= 0.3 is 6.18 Å². The van der Waals surface area contributed by atoms with E-state index in [0.29, 0.717) is 11.5 Å². The van der Waals surface area contributed by atoms with Crippen LogP contribution in [0.15, 0.2) is 39.8 Å². The summed E-state index contributed by atoms with van der Waals surface area (Å²) in [6.45, 7) is 2.07. The maximum atomic E-state index is 13.0.